The fraction of sp³-hybridized carbons (Fsp3) is 0.429. The molecule has 0 radical (unpaired) electrons. The van der Waals surface area contributed by atoms with Crippen LogP contribution >= 0.6 is 0 Å². The van der Waals surface area contributed by atoms with Crippen molar-refractivity contribution in [3.63, 3.8) is 0 Å². The van der Waals surface area contributed by atoms with Crippen molar-refractivity contribution in [2.24, 2.45) is 0 Å². The van der Waals surface area contributed by atoms with E-state index in [9.17, 15) is 0 Å². The van der Waals surface area contributed by atoms with Gasteiger partial charge in [-0.2, -0.15) is 0 Å². The minimum absolute atomic E-state index is 0.542. The lowest BCUT2D eigenvalue weighted by atomic mass is 10.1. The first kappa shape index (κ1) is 14.5. The third kappa shape index (κ3) is 5.21. The highest BCUT2D eigenvalue weighted by Crippen LogP contribution is 2.21. The second kappa shape index (κ2) is 8.55. The van der Waals surface area contributed by atoms with Crippen LogP contribution in [0.2, 0.25) is 0 Å². The monoisotopic (exact) mass is 250 g/mol. The smallest absolute Gasteiger partial charge is 0.124 e. The molecule has 4 heteroatoms. The molecule has 0 aliphatic rings. The molecule has 0 heterocycles. The summed E-state index contributed by atoms with van der Waals surface area (Å²) in [5.74, 6) is 0.854. The van der Waals surface area contributed by atoms with E-state index in [-0.39, 0.29) is 0 Å². The van der Waals surface area contributed by atoms with Gasteiger partial charge in [-0.05, 0) is 31.2 Å². The molecule has 0 saturated heterocycles. The number of hydrogen-bond donors (Lipinski definition) is 2. The summed E-state index contributed by atoms with van der Waals surface area (Å²) in [6.07, 6.45) is 2.84. The van der Waals surface area contributed by atoms with Gasteiger partial charge in [0.05, 0.1) is 6.61 Å². The largest absolute Gasteiger partial charge is 0.491 e. The van der Waals surface area contributed by atoms with Gasteiger partial charge in [0.15, 0.2) is 0 Å². The van der Waals surface area contributed by atoms with Gasteiger partial charge < -0.3 is 20.5 Å². The van der Waals surface area contributed by atoms with Crippen molar-refractivity contribution < 1.29 is 9.47 Å². The Balaban J connectivity index is 2.55. The van der Waals surface area contributed by atoms with Gasteiger partial charge in [0.25, 0.3) is 0 Å². The van der Waals surface area contributed by atoms with Crippen LogP contribution in [0.1, 0.15) is 12.0 Å². The third-order valence-corrected chi connectivity index (χ3v) is 2.47. The van der Waals surface area contributed by atoms with E-state index in [1.54, 1.807) is 7.11 Å². The van der Waals surface area contributed by atoms with Gasteiger partial charge in [-0.25, -0.2) is 0 Å². The number of nitrogen functional groups attached to an aromatic ring is 1. The van der Waals surface area contributed by atoms with E-state index in [4.69, 9.17) is 15.2 Å². The minimum Gasteiger partial charge on any atom is -0.491 e. The Morgan fingerprint density at radius 1 is 1.39 bits per heavy atom. The molecular weight excluding hydrogens is 228 g/mol. The molecule has 0 fully saturated rings. The van der Waals surface area contributed by atoms with Crippen LogP contribution in [-0.4, -0.2) is 26.9 Å². The number of hydrogen-bond acceptors (Lipinski definition) is 4. The van der Waals surface area contributed by atoms with Crippen LogP contribution in [0.15, 0.2) is 30.9 Å². The summed E-state index contributed by atoms with van der Waals surface area (Å²) < 4.78 is 10.6. The Bertz CT molecular complexity index is 367. The number of rotatable bonds is 9. The van der Waals surface area contributed by atoms with E-state index >= 15 is 0 Å². The van der Waals surface area contributed by atoms with E-state index in [1.165, 1.54) is 0 Å². The van der Waals surface area contributed by atoms with Crippen molar-refractivity contribution in [1.29, 1.82) is 0 Å². The zero-order valence-corrected chi connectivity index (χ0v) is 10.9. The predicted molar refractivity (Wildman–Crippen MR) is 74.7 cm³/mol. The van der Waals surface area contributed by atoms with Crippen molar-refractivity contribution in [3.05, 3.63) is 36.4 Å². The summed E-state index contributed by atoms with van der Waals surface area (Å²) >= 11 is 0. The lowest BCUT2D eigenvalue weighted by Crippen LogP contribution is -2.15. The highest BCUT2D eigenvalue weighted by atomic mass is 16.5. The lowest BCUT2D eigenvalue weighted by molar-refractivity contribution is 0.145. The summed E-state index contributed by atoms with van der Waals surface area (Å²) in [6.45, 7) is 6.44. The van der Waals surface area contributed by atoms with E-state index in [2.05, 4.69) is 11.9 Å². The Labute approximate surface area is 109 Å². The molecule has 0 bridgehead atoms. The van der Waals surface area contributed by atoms with Crippen molar-refractivity contribution in [3.8, 4) is 5.75 Å². The molecule has 3 N–H and O–H groups in total. The van der Waals surface area contributed by atoms with E-state index in [1.807, 2.05) is 24.3 Å². The molecule has 18 heavy (non-hydrogen) atoms. The quantitative estimate of drug-likeness (QED) is 0.399. The molecule has 0 aliphatic heterocycles. The standard InChI is InChI=1S/C14H22N2O2/c1-3-4-7-16-11-12-10-13(15)5-6-14(12)18-9-8-17-2/h3,5-6,10,16H,1,4,7-9,11,15H2,2H3. The Hall–Kier alpha value is -1.52. The van der Waals surface area contributed by atoms with Crippen molar-refractivity contribution in [2.45, 2.75) is 13.0 Å². The minimum atomic E-state index is 0.542. The fourth-order valence-electron chi connectivity index (χ4n) is 1.54. The number of nitrogens with one attached hydrogen (secondary N) is 1. The topological polar surface area (TPSA) is 56.5 Å². The SMILES string of the molecule is C=CCCNCc1cc(N)ccc1OCCOC. The summed E-state index contributed by atoms with van der Waals surface area (Å²) in [5, 5.41) is 3.32. The third-order valence-electron chi connectivity index (χ3n) is 2.47. The number of methoxy groups -OCH3 is 1. The lowest BCUT2D eigenvalue weighted by Gasteiger charge is -2.12. The molecule has 0 amide bonds. The maximum absolute atomic E-state index is 5.79. The number of anilines is 1. The van der Waals surface area contributed by atoms with Crippen LogP contribution < -0.4 is 15.8 Å². The van der Waals surface area contributed by atoms with Crippen molar-refractivity contribution in [2.75, 3.05) is 32.6 Å². The molecule has 4 nitrogen and oxygen atoms in total. The van der Waals surface area contributed by atoms with E-state index in [0.29, 0.717) is 13.2 Å². The average molecular weight is 250 g/mol. The van der Waals surface area contributed by atoms with Gasteiger partial charge in [0, 0.05) is 24.9 Å². The Morgan fingerprint density at radius 2 is 2.22 bits per heavy atom. The zero-order chi connectivity index (χ0) is 13.2. The van der Waals surface area contributed by atoms with E-state index in [0.717, 1.165) is 36.5 Å². The van der Waals surface area contributed by atoms with Crippen molar-refractivity contribution in [1.82, 2.24) is 5.32 Å². The van der Waals surface area contributed by atoms with Crippen LogP contribution in [0.4, 0.5) is 5.69 Å². The first-order valence-electron chi connectivity index (χ1n) is 6.09. The summed E-state index contributed by atoms with van der Waals surface area (Å²) in [7, 11) is 1.66. The Morgan fingerprint density at radius 3 is 2.94 bits per heavy atom. The van der Waals surface area contributed by atoms with Crippen molar-refractivity contribution >= 4 is 5.69 Å². The highest BCUT2D eigenvalue weighted by molar-refractivity contribution is 5.47. The molecular formula is C14H22N2O2. The molecule has 0 atom stereocenters. The molecule has 0 aromatic heterocycles. The molecule has 0 spiro atoms. The predicted octanol–water partition coefficient (Wildman–Crippen LogP) is 1.96. The van der Waals surface area contributed by atoms with Crippen LogP contribution in [0.5, 0.6) is 5.75 Å². The van der Waals surface area contributed by atoms with Gasteiger partial charge in [0.2, 0.25) is 0 Å². The number of ether oxygens (including phenoxy) is 2. The second-order valence-electron chi connectivity index (χ2n) is 3.96. The molecule has 100 valence electrons. The first-order chi connectivity index (χ1) is 8.77. The second-order valence-corrected chi connectivity index (χ2v) is 3.96. The Kier molecular flexibility index (Phi) is 6.91. The van der Waals surface area contributed by atoms with Gasteiger partial charge in [0.1, 0.15) is 12.4 Å². The molecule has 0 unspecified atom stereocenters. The van der Waals surface area contributed by atoms with Crippen LogP contribution in [0.3, 0.4) is 0 Å². The number of nitrogens with two attached hydrogens (primary N) is 1. The summed E-state index contributed by atoms with van der Waals surface area (Å²) in [6, 6.07) is 5.67. The van der Waals surface area contributed by atoms with Gasteiger partial charge in [-0.15, -0.1) is 6.58 Å². The van der Waals surface area contributed by atoms with Crippen LogP contribution in [-0.2, 0) is 11.3 Å². The molecule has 0 saturated carbocycles. The van der Waals surface area contributed by atoms with Gasteiger partial charge in [-0.1, -0.05) is 6.08 Å². The van der Waals surface area contributed by atoms with Gasteiger partial charge >= 0.3 is 0 Å². The number of benzene rings is 1. The van der Waals surface area contributed by atoms with E-state index < -0.39 is 0 Å². The van der Waals surface area contributed by atoms with Crippen LogP contribution in [0, 0.1) is 0 Å². The first-order valence-corrected chi connectivity index (χ1v) is 6.09. The summed E-state index contributed by atoms with van der Waals surface area (Å²) in [5.41, 5.74) is 7.60. The average Bonchev–Trinajstić information content (AvgIpc) is 2.37. The molecule has 1 aromatic rings. The van der Waals surface area contributed by atoms with Crippen LogP contribution in [0.25, 0.3) is 0 Å². The zero-order valence-electron chi connectivity index (χ0n) is 10.9. The fourth-order valence-corrected chi connectivity index (χ4v) is 1.54. The molecule has 0 aliphatic carbocycles. The maximum Gasteiger partial charge on any atom is 0.124 e. The van der Waals surface area contributed by atoms with Gasteiger partial charge in [-0.3, -0.25) is 0 Å². The summed E-state index contributed by atoms with van der Waals surface area (Å²) in [4.78, 5) is 0. The normalized spacial score (nSPS) is 10.3. The highest BCUT2D eigenvalue weighted by Gasteiger charge is 2.04. The molecule has 1 aromatic carbocycles. The maximum atomic E-state index is 5.79. The molecule has 1 rings (SSSR count).